The predicted octanol–water partition coefficient (Wildman–Crippen LogP) is 1.34. The molecule has 0 saturated carbocycles. The molecule has 0 aliphatic heterocycles. The zero-order valence-corrected chi connectivity index (χ0v) is 7.03. The van der Waals surface area contributed by atoms with Crippen LogP contribution in [0.3, 0.4) is 0 Å². The largest absolute Gasteiger partial charge is 0.467 e. The Kier molecular flexibility index (Phi) is 4.41. The fourth-order valence-electron chi connectivity index (χ4n) is 0.765. The Labute approximate surface area is 65.9 Å². The number of carbonyl (C=O) groups is 1. The number of nitrogens with zero attached hydrogens (tertiary/aromatic N) is 1. The van der Waals surface area contributed by atoms with Gasteiger partial charge in [0.05, 0.1) is 7.11 Å². The van der Waals surface area contributed by atoms with E-state index in [0.29, 0.717) is 6.42 Å². The average molecular weight is 159 g/mol. The molecule has 1 unspecified atom stereocenters. The van der Waals surface area contributed by atoms with Crippen molar-refractivity contribution in [3.05, 3.63) is 4.91 Å². The number of hydrogen-bond acceptors (Lipinski definition) is 4. The van der Waals surface area contributed by atoms with Gasteiger partial charge in [-0.3, -0.25) is 0 Å². The van der Waals surface area contributed by atoms with E-state index in [0.717, 1.165) is 0 Å². The van der Waals surface area contributed by atoms with Crippen LogP contribution in [0.15, 0.2) is 5.18 Å². The van der Waals surface area contributed by atoms with E-state index in [1.807, 2.05) is 13.8 Å². The van der Waals surface area contributed by atoms with Crippen molar-refractivity contribution in [1.29, 1.82) is 0 Å². The zero-order chi connectivity index (χ0) is 8.85. The molecule has 11 heavy (non-hydrogen) atoms. The summed E-state index contributed by atoms with van der Waals surface area (Å²) in [5.41, 5.74) is 0. The van der Waals surface area contributed by atoms with Gasteiger partial charge in [-0.1, -0.05) is 19.0 Å². The number of methoxy groups -OCH3 is 1. The number of carbonyl (C=O) groups excluding carboxylic acids is 1. The van der Waals surface area contributed by atoms with Crippen molar-refractivity contribution in [2.75, 3.05) is 7.11 Å². The molecule has 0 heterocycles. The molecule has 0 aromatic rings. The summed E-state index contributed by atoms with van der Waals surface area (Å²) in [6.45, 7) is 3.84. The minimum atomic E-state index is -0.833. The van der Waals surface area contributed by atoms with Gasteiger partial charge < -0.3 is 4.74 Å². The van der Waals surface area contributed by atoms with Gasteiger partial charge in [0.1, 0.15) is 0 Å². The van der Waals surface area contributed by atoms with E-state index < -0.39 is 12.0 Å². The van der Waals surface area contributed by atoms with Gasteiger partial charge in [-0.15, -0.1) is 4.91 Å². The Bertz CT molecular complexity index is 145. The van der Waals surface area contributed by atoms with Gasteiger partial charge in [0, 0.05) is 0 Å². The summed E-state index contributed by atoms with van der Waals surface area (Å²) in [5, 5.41) is 2.67. The number of nitroso groups, excluding NO2 is 1. The van der Waals surface area contributed by atoms with Crippen molar-refractivity contribution in [1.82, 2.24) is 0 Å². The van der Waals surface area contributed by atoms with Crippen molar-refractivity contribution < 1.29 is 9.53 Å². The lowest BCUT2D eigenvalue weighted by Gasteiger charge is -2.08. The summed E-state index contributed by atoms with van der Waals surface area (Å²) in [7, 11) is 1.25. The van der Waals surface area contributed by atoms with E-state index in [1.165, 1.54) is 7.11 Å². The monoisotopic (exact) mass is 159 g/mol. The van der Waals surface area contributed by atoms with Crippen molar-refractivity contribution >= 4 is 5.97 Å². The standard InChI is InChI=1S/C7H13NO3/c1-5(2)4-6(8-10)7(9)11-3/h5-6H,4H2,1-3H3. The Morgan fingerprint density at radius 2 is 2.09 bits per heavy atom. The third-order valence-corrected chi connectivity index (χ3v) is 1.30. The van der Waals surface area contributed by atoms with E-state index in [9.17, 15) is 9.70 Å². The third kappa shape index (κ3) is 3.70. The first-order valence-electron chi connectivity index (χ1n) is 3.52. The second-order valence-corrected chi connectivity index (χ2v) is 2.77. The van der Waals surface area contributed by atoms with Gasteiger partial charge in [-0.25, -0.2) is 4.79 Å². The van der Waals surface area contributed by atoms with E-state index in [4.69, 9.17) is 0 Å². The highest BCUT2D eigenvalue weighted by Crippen LogP contribution is 2.08. The lowest BCUT2D eigenvalue weighted by Crippen LogP contribution is -2.21. The smallest absolute Gasteiger partial charge is 0.334 e. The van der Waals surface area contributed by atoms with Gasteiger partial charge in [0.2, 0.25) is 0 Å². The Morgan fingerprint density at radius 3 is 2.36 bits per heavy atom. The molecule has 0 spiro atoms. The summed E-state index contributed by atoms with van der Waals surface area (Å²) in [5.74, 6) is -0.273. The van der Waals surface area contributed by atoms with Crippen molar-refractivity contribution in [3.8, 4) is 0 Å². The van der Waals surface area contributed by atoms with Gasteiger partial charge >= 0.3 is 5.97 Å². The SMILES string of the molecule is COC(=O)C(CC(C)C)N=O. The van der Waals surface area contributed by atoms with E-state index >= 15 is 0 Å². The van der Waals surface area contributed by atoms with Crippen LogP contribution in [0.1, 0.15) is 20.3 Å². The maximum Gasteiger partial charge on any atom is 0.334 e. The lowest BCUT2D eigenvalue weighted by atomic mass is 10.1. The highest BCUT2D eigenvalue weighted by molar-refractivity contribution is 5.75. The molecule has 4 nitrogen and oxygen atoms in total. The molecule has 0 amide bonds. The average Bonchev–Trinajstić information content (AvgIpc) is 1.98. The molecule has 0 aliphatic rings. The quantitative estimate of drug-likeness (QED) is 0.459. The Morgan fingerprint density at radius 1 is 1.55 bits per heavy atom. The normalized spacial score (nSPS) is 12.7. The fourth-order valence-corrected chi connectivity index (χ4v) is 0.765. The number of ether oxygens (including phenoxy) is 1. The molecule has 1 atom stereocenters. The van der Waals surface area contributed by atoms with E-state index in [-0.39, 0.29) is 5.92 Å². The number of rotatable bonds is 4. The van der Waals surface area contributed by atoms with E-state index in [2.05, 4.69) is 9.91 Å². The summed E-state index contributed by atoms with van der Waals surface area (Å²) in [4.78, 5) is 20.9. The molecule has 0 bridgehead atoms. The first-order valence-corrected chi connectivity index (χ1v) is 3.52. The van der Waals surface area contributed by atoms with Gasteiger partial charge in [0.25, 0.3) is 0 Å². The summed E-state index contributed by atoms with van der Waals surface area (Å²) in [6, 6.07) is -0.833. The van der Waals surface area contributed by atoms with Gasteiger partial charge in [0.15, 0.2) is 6.04 Å². The van der Waals surface area contributed by atoms with Crippen LogP contribution >= 0.6 is 0 Å². The van der Waals surface area contributed by atoms with Crippen LogP contribution in [0, 0.1) is 10.8 Å². The summed E-state index contributed by atoms with van der Waals surface area (Å²) in [6.07, 6.45) is 0.455. The third-order valence-electron chi connectivity index (χ3n) is 1.30. The van der Waals surface area contributed by atoms with Crippen LogP contribution in [-0.4, -0.2) is 19.1 Å². The maximum atomic E-state index is 10.8. The number of esters is 1. The Hall–Kier alpha value is -0.930. The van der Waals surface area contributed by atoms with Gasteiger partial charge in [-0.2, -0.15) is 0 Å². The first kappa shape index (κ1) is 10.1. The molecule has 0 radical (unpaired) electrons. The van der Waals surface area contributed by atoms with Crippen molar-refractivity contribution in [3.63, 3.8) is 0 Å². The molecule has 0 aromatic heterocycles. The molecule has 0 aliphatic carbocycles. The summed E-state index contributed by atoms with van der Waals surface area (Å²) >= 11 is 0. The molecule has 0 saturated heterocycles. The fraction of sp³-hybridized carbons (Fsp3) is 0.857. The van der Waals surface area contributed by atoms with Crippen LogP contribution in [0.5, 0.6) is 0 Å². The Balaban J connectivity index is 3.95. The van der Waals surface area contributed by atoms with E-state index in [1.54, 1.807) is 0 Å². The molecule has 0 aromatic carbocycles. The minimum absolute atomic E-state index is 0.275. The molecular weight excluding hydrogens is 146 g/mol. The topological polar surface area (TPSA) is 55.7 Å². The molecule has 0 fully saturated rings. The molecule has 0 rings (SSSR count). The minimum Gasteiger partial charge on any atom is -0.467 e. The van der Waals surface area contributed by atoms with Gasteiger partial charge in [-0.05, 0) is 12.3 Å². The van der Waals surface area contributed by atoms with Crippen molar-refractivity contribution in [2.45, 2.75) is 26.3 Å². The van der Waals surface area contributed by atoms with Crippen LogP contribution in [0.25, 0.3) is 0 Å². The van der Waals surface area contributed by atoms with Crippen LogP contribution in [0.4, 0.5) is 0 Å². The lowest BCUT2D eigenvalue weighted by molar-refractivity contribution is -0.142. The molecule has 4 heteroatoms. The van der Waals surface area contributed by atoms with Crippen LogP contribution in [-0.2, 0) is 9.53 Å². The molecule has 64 valence electrons. The van der Waals surface area contributed by atoms with Crippen molar-refractivity contribution in [2.24, 2.45) is 11.1 Å². The second-order valence-electron chi connectivity index (χ2n) is 2.77. The molecular formula is C7H13NO3. The first-order chi connectivity index (χ1) is 5.11. The van der Waals surface area contributed by atoms with Crippen LogP contribution in [0.2, 0.25) is 0 Å². The molecule has 0 N–H and O–H groups in total. The number of hydrogen-bond donors (Lipinski definition) is 0. The highest BCUT2D eigenvalue weighted by atomic mass is 16.5. The summed E-state index contributed by atoms with van der Waals surface area (Å²) < 4.78 is 4.37. The maximum absolute atomic E-state index is 10.8. The highest BCUT2D eigenvalue weighted by Gasteiger charge is 2.20. The second kappa shape index (κ2) is 4.82. The zero-order valence-electron chi connectivity index (χ0n) is 7.03. The predicted molar refractivity (Wildman–Crippen MR) is 41.1 cm³/mol. The van der Waals surface area contributed by atoms with Crippen LogP contribution < -0.4 is 0 Å².